The standard InChI is InChI=1S/C16H20N4O3S/c1-2-3-9-15-19-20-16(24-15)18-13(21)10-17-14(22)11-23-12-7-5-4-6-8-12/h4-8H,2-3,9-11H2,1H3,(H,17,22)(H,18,20,21). The predicted molar refractivity (Wildman–Crippen MR) is 92.1 cm³/mol. The number of amides is 2. The minimum atomic E-state index is -0.366. The molecule has 2 amide bonds. The molecule has 1 aromatic carbocycles. The third-order valence-electron chi connectivity index (χ3n) is 3.02. The van der Waals surface area contributed by atoms with Crippen LogP contribution >= 0.6 is 11.3 Å². The number of ether oxygens (including phenoxy) is 1. The minimum absolute atomic E-state index is 0.138. The van der Waals surface area contributed by atoms with Gasteiger partial charge in [-0.2, -0.15) is 0 Å². The van der Waals surface area contributed by atoms with Gasteiger partial charge in [-0.15, -0.1) is 10.2 Å². The molecule has 128 valence electrons. The van der Waals surface area contributed by atoms with Crippen LogP contribution in [0.3, 0.4) is 0 Å². The first-order valence-electron chi connectivity index (χ1n) is 7.74. The van der Waals surface area contributed by atoms with Crippen molar-refractivity contribution in [3.8, 4) is 5.75 Å². The van der Waals surface area contributed by atoms with Crippen molar-refractivity contribution < 1.29 is 14.3 Å². The number of nitrogens with one attached hydrogen (secondary N) is 2. The van der Waals surface area contributed by atoms with Gasteiger partial charge in [-0.25, -0.2) is 0 Å². The molecule has 0 unspecified atom stereocenters. The molecule has 0 spiro atoms. The summed E-state index contributed by atoms with van der Waals surface area (Å²) in [5.41, 5.74) is 0. The SMILES string of the molecule is CCCCc1nnc(NC(=O)CNC(=O)COc2ccccc2)s1. The Hall–Kier alpha value is -2.48. The number of benzene rings is 1. The number of carbonyl (C=O) groups is 2. The fourth-order valence-electron chi connectivity index (χ4n) is 1.79. The van der Waals surface area contributed by atoms with Crippen molar-refractivity contribution in [1.29, 1.82) is 0 Å². The fraction of sp³-hybridized carbons (Fsp3) is 0.375. The number of hydrogen-bond donors (Lipinski definition) is 2. The number of anilines is 1. The van der Waals surface area contributed by atoms with Crippen molar-refractivity contribution >= 4 is 28.3 Å². The molecule has 2 aromatic rings. The Morgan fingerprint density at radius 3 is 2.71 bits per heavy atom. The van der Waals surface area contributed by atoms with Gasteiger partial charge >= 0.3 is 0 Å². The first-order valence-corrected chi connectivity index (χ1v) is 8.56. The lowest BCUT2D eigenvalue weighted by Crippen LogP contribution is -2.35. The minimum Gasteiger partial charge on any atom is -0.484 e. The molecule has 2 rings (SSSR count). The van der Waals surface area contributed by atoms with E-state index >= 15 is 0 Å². The number of para-hydroxylation sites is 1. The van der Waals surface area contributed by atoms with Gasteiger partial charge in [0.05, 0.1) is 6.54 Å². The van der Waals surface area contributed by atoms with Crippen LogP contribution in [0.2, 0.25) is 0 Å². The second-order valence-electron chi connectivity index (χ2n) is 5.03. The Balaban J connectivity index is 1.67. The van der Waals surface area contributed by atoms with Crippen LogP contribution in [0.25, 0.3) is 0 Å². The van der Waals surface area contributed by atoms with Crippen molar-refractivity contribution in [2.24, 2.45) is 0 Å². The monoisotopic (exact) mass is 348 g/mol. The molecule has 2 N–H and O–H groups in total. The van der Waals surface area contributed by atoms with Crippen LogP contribution in [0.15, 0.2) is 30.3 Å². The smallest absolute Gasteiger partial charge is 0.258 e. The van der Waals surface area contributed by atoms with Crippen LogP contribution in [-0.2, 0) is 16.0 Å². The molecule has 8 heteroatoms. The Labute approximate surface area is 144 Å². The molecule has 0 saturated carbocycles. The number of unbranched alkanes of at least 4 members (excludes halogenated alkanes) is 1. The zero-order valence-corrected chi connectivity index (χ0v) is 14.3. The molecule has 0 bridgehead atoms. The maximum atomic E-state index is 11.8. The van der Waals surface area contributed by atoms with Crippen LogP contribution < -0.4 is 15.4 Å². The summed E-state index contributed by atoms with van der Waals surface area (Å²) < 4.78 is 5.30. The van der Waals surface area contributed by atoms with E-state index in [-0.39, 0.29) is 25.0 Å². The van der Waals surface area contributed by atoms with E-state index in [0.29, 0.717) is 10.9 Å². The highest BCUT2D eigenvalue weighted by Crippen LogP contribution is 2.16. The summed E-state index contributed by atoms with van der Waals surface area (Å²) in [5, 5.41) is 14.4. The molecule has 7 nitrogen and oxygen atoms in total. The van der Waals surface area contributed by atoms with E-state index in [2.05, 4.69) is 27.8 Å². The number of nitrogens with zero attached hydrogens (tertiary/aromatic N) is 2. The summed E-state index contributed by atoms with van der Waals surface area (Å²) in [4.78, 5) is 23.4. The topological polar surface area (TPSA) is 93.2 Å². The van der Waals surface area contributed by atoms with Crippen molar-refractivity contribution in [3.63, 3.8) is 0 Å². The van der Waals surface area contributed by atoms with Gasteiger partial charge in [0.25, 0.3) is 5.91 Å². The summed E-state index contributed by atoms with van der Waals surface area (Å²) in [6.45, 7) is 1.83. The highest BCUT2D eigenvalue weighted by molar-refractivity contribution is 7.15. The quantitative estimate of drug-likeness (QED) is 0.723. The molecule has 0 radical (unpaired) electrons. The van der Waals surface area contributed by atoms with E-state index in [9.17, 15) is 9.59 Å². The molecule has 1 aromatic heterocycles. The van der Waals surface area contributed by atoms with Crippen LogP contribution in [0.4, 0.5) is 5.13 Å². The molecule has 0 aliphatic carbocycles. The van der Waals surface area contributed by atoms with Gasteiger partial charge in [0.15, 0.2) is 6.61 Å². The highest BCUT2D eigenvalue weighted by Gasteiger charge is 2.10. The summed E-state index contributed by atoms with van der Waals surface area (Å²) in [6, 6.07) is 9.00. The lowest BCUT2D eigenvalue weighted by Gasteiger charge is -2.07. The van der Waals surface area contributed by atoms with Crippen molar-refractivity contribution in [1.82, 2.24) is 15.5 Å². The maximum absolute atomic E-state index is 11.8. The number of aryl methyl sites for hydroxylation is 1. The molecule has 24 heavy (non-hydrogen) atoms. The number of rotatable bonds is 9. The van der Waals surface area contributed by atoms with Gasteiger partial charge in [0.1, 0.15) is 10.8 Å². The number of carbonyl (C=O) groups excluding carboxylic acids is 2. The molecular formula is C16H20N4O3S. The molecule has 0 fully saturated rings. The lowest BCUT2D eigenvalue weighted by atomic mass is 10.3. The molecule has 1 heterocycles. The van der Waals surface area contributed by atoms with Gasteiger partial charge in [0, 0.05) is 6.42 Å². The maximum Gasteiger partial charge on any atom is 0.258 e. The highest BCUT2D eigenvalue weighted by atomic mass is 32.1. The third kappa shape index (κ3) is 6.33. The zero-order chi connectivity index (χ0) is 17.2. The summed E-state index contributed by atoms with van der Waals surface area (Å²) in [6.07, 6.45) is 2.98. The average Bonchev–Trinajstić information content (AvgIpc) is 3.04. The summed E-state index contributed by atoms with van der Waals surface area (Å²) in [7, 11) is 0. The second-order valence-corrected chi connectivity index (χ2v) is 6.09. The van der Waals surface area contributed by atoms with Crippen molar-refractivity contribution in [3.05, 3.63) is 35.3 Å². The van der Waals surface area contributed by atoms with E-state index in [1.807, 2.05) is 18.2 Å². The largest absolute Gasteiger partial charge is 0.484 e. The van der Waals surface area contributed by atoms with E-state index in [1.165, 1.54) is 11.3 Å². The first kappa shape index (κ1) is 17.9. The van der Waals surface area contributed by atoms with Gasteiger partial charge in [-0.1, -0.05) is 42.9 Å². The van der Waals surface area contributed by atoms with E-state index < -0.39 is 0 Å². The van der Waals surface area contributed by atoms with Gasteiger partial charge in [0.2, 0.25) is 11.0 Å². The Bertz CT molecular complexity index is 660. The average molecular weight is 348 g/mol. The number of hydrogen-bond acceptors (Lipinski definition) is 6. The van der Waals surface area contributed by atoms with Crippen LogP contribution in [0.1, 0.15) is 24.8 Å². The normalized spacial score (nSPS) is 10.2. The Kier molecular flexibility index (Phi) is 7.16. The van der Waals surface area contributed by atoms with Gasteiger partial charge in [-0.3, -0.25) is 14.9 Å². The van der Waals surface area contributed by atoms with Gasteiger partial charge in [-0.05, 0) is 18.6 Å². The molecule has 0 aliphatic heterocycles. The third-order valence-corrected chi connectivity index (χ3v) is 3.92. The van der Waals surface area contributed by atoms with Crippen LogP contribution in [0, 0.1) is 0 Å². The molecule has 0 saturated heterocycles. The van der Waals surface area contributed by atoms with E-state index in [0.717, 1.165) is 24.3 Å². The molecule has 0 aliphatic rings. The fourth-order valence-corrected chi connectivity index (χ4v) is 2.59. The number of aromatic nitrogens is 2. The Morgan fingerprint density at radius 1 is 1.17 bits per heavy atom. The predicted octanol–water partition coefficient (Wildman–Crippen LogP) is 2.01. The van der Waals surface area contributed by atoms with Crippen LogP contribution in [-0.4, -0.2) is 35.2 Å². The lowest BCUT2D eigenvalue weighted by molar-refractivity contribution is -0.125. The van der Waals surface area contributed by atoms with Gasteiger partial charge < -0.3 is 10.1 Å². The second kappa shape index (κ2) is 9.61. The van der Waals surface area contributed by atoms with Crippen LogP contribution in [0.5, 0.6) is 5.75 Å². The van der Waals surface area contributed by atoms with Crippen molar-refractivity contribution in [2.45, 2.75) is 26.2 Å². The van der Waals surface area contributed by atoms with E-state index in [4.69, 9.17) is 4.74 Å². The van der Waals surface area contributed by atoms with E-state index in [1.54, 1.807) is 12.1 Å². The molecular weight excluding hydrogens is 328 g/mol. The van der Waals surface area contributed by atoms with Crippen molar-refractivity contribution in [2.75, 3.05) is 18.5 Å². The Morgan fingerprint density at radius 2 is 1.96 bits per heavy atom. The molecule has 0 atom stereocenters. The zero-order valence-electron chi connectivity index (χ0n) is 13.4. The summed E-state index contributed by atoms with van der Waals surface area (Å²) in [5.74, 6) is -0.110. The first-order chi connectivity index (χ1) is 11.7. The summed E-state index contributed by atoms with van der Waals surface area (Å²) >= 11 is 1.35.